The number of aromatic nitrogens is 1. The third-order valence-corrected chi connectivity index (χ3v) is 4.52. The van der Waals surface area contributed by atoms with Crippen LogP contribution in [0, 0.1) is 0 Å². The second-order valence-electron chi connectivity index (χ2n) is 5.62. The number of hydrogen-bond donors (Lipinski definition) is 1. The van der Waals surface area contributed by atoms with E-state index in [4.69, 9.17) is 4.99 Å². The number of H-pyrrole nitrogens is 1. The lowest BCUT2D eigenvalue weighted by molar-refractivity contribution is 1.06. The van der Waals surface area contributed by atoms with Gasteiger partial charge in [0, 0.05) is 22.7 Å². The number of fused-ring (bicyclic) bond motifs is 6. The molecule has 2 heteroatoms. The molecule has 20 heavy (non-hydrogen) atoms. The van der Waals surface area contributed by atoms with Crippen molar-refractivity contribution in [2.75, 3.05) is 0 Å². The zero-order valence-electron chi connectivity index (χ0n) is 11.1. The first-order valence-corrected chi connectivity index (χ1v) is 7.18. The lowest BCUT2D eigenvalue weighted by Gasteiger charge is -2.04. The van der Waals surface area contributed by atoms with Crippen LogP contribution in [0.15, 0.2) is 53.2 Å². The Kier molecular flexibility index (Phi) is 1.88. The van der Waals surface area contributed by atoms with Gasteiger partial charge < -0.3 is 4.98 Å². The normalized spacial score (nSPS) is 18.6. The zero-order valence-corrected chi connectivity index (χ0v) is 11.1. The summed E-state index contributed by atoms with van der Waals surface area (Å²) >= 11 is 0. The molecule has 0 radical (unpaired) electrons. The van der Waals surface area contributed by atoms with Crippen molar-refractivity contribution >= 4 is 16.5 Å². The molecule has 2 heterocycles. The van der Waals surface area contributed by atoms with Crippen LogP contribution in [-0.2, 0) is 12.8 Å². The van der Waals surface area contributed by atoms with E-state index in [-0.39, 0.29) is 0 Å². The fourth-order valence-electron chi connectivity index (χ4n) is 3.59. The molecular formula is C18H14N2. The quantitative estimate of drug-likeness (QED) is 0.703. The van der Waals surface area contributed by atoms with Crippen molar-refractivity contribution in [1.29, 1.82) is 0 Å². The molecule has 1 aromatic heterocycles. The van der Waals surface area contributed by atoms with Crippen molar-refractivity contribution in [3.8, 4) is 0 Å². The molecule has 0 bridgehead atoms. The highest BCUT2D eigenvalue weighted by Gasteiger charge is 2.19. The van der Waals surface area contributed by atoms with Crippen molar-refractivity contribution in [2.24, 2.45) is 4.99 Å². The molecule has 96 valence electrons. The largest absolute Gasteiger partial charge is 0.357 e. The van der Waals surface area contributed by atoms with Crippen LogP contribution >= 0.6 is 0 Å². The van der Waals surface area contributed by atoms with E-state index in [1.165, 1.54) is 33.0 Å². The van der Waals surface area contributed by atoms with Crippen molar-refractivity contribution in [1.82, 2.24) is 4.98 Å². The average Bonchev–Trinajstić information content (AvgIpc) is 3.04. The summed E-state index contributed by atoms with van der Waals surface area (Å²) in [7, 11) is 0. The Hall–Kier alpha value is -2.35. The standard InChI is InChI=1S/C18H14N2/c1-3-7-14-11(5-1)12-9-10-16-17(18(12)20-14)13-6-2-4-8-15(13)19-16/h1-4,8-10,20H,5-7H2. The Bertz CT molecular complexity index is 965. The van der Waals surface area contributed by atoms with Gasteiger partial charge >= 0.3 is 0 Å². The number of allylic oxidation sites excluding steroid dienone is 6. The highest BCUT2D eigenvalue weighted by atomic mass is 14.8. The van der Waals surface area contributed by atoms with E-state index >= 15 is 0 Å². The maximum absolute atomic E-state index is 4.77. The third-order valence-electron chi connectivity index (χ3n) is 4.52. The molecule has 5 rings (SSSR count). The first kappa shape index (κ1) is 10.4. The van der Waals surface area contributed by atoms with Gasteiger partial charge in [0.2, 0.25) is 0 Å². The smallest absolute Gasteiger partial charge is 0.0734 e. The van der Waals surface area contributed by atoms with Gasteiger partial charge in [-0.2, -0.15) is 0 Å². The topological polar surface area (TPSA) is 28.1 Å². The Morgan fingerprint density at radius 3 is 2.95 bits per heavy atom. The van der Waals surface area contributed by atoms with E-state index in [0.29, 0.717) is 0 Å². The summed E-state index contributed by atoms with van der Waals surface area (Å²) < 4.78 is 0. The van der Waals surface area contributed by atoms with E-state index in [0.717, 1.165) is 30.3 Å². The van der Waals surface area contributed by atoms with Gasteiger partial charge in [-0.25, -0.2) is 4.99 Å². The molecule has 0 atom stereocenters. The minimum absolute atomic E-state index is 0.989. The van der Waals surface area contributed by atoms with Crippen molar-refractivity contribution in [3.05, 3.63) is 70.0 Å². The van der Waals surface area contributed by atoms with Gasteiger partial charge in [-0.15, -0.1) is 0 Å². The van der Waals surface area contributed by atoms with Crippen molar-refractivity contribution in [3.63, 3.8) is 0 Å². The molecule has 0 amide bonds. The van der Waals surface area contributed by atoms with Gasteiger partial charge in [-0.05, 0) is 36.1 Å². The lowest BCUT2D eigenvalue weighted by Crippen LogP contribution is -2.24. The number of nitrogens with one attached hydrogen (secondary N) is 1. The van der Waals surface area contributed by atoms with Crippen LogP contribution in [0.4, 0.5) is 0 Å². The molecule has 1 aromatic carbocycles. The Morgan fingerprint density at radius 1 is 1.00 bits per heavy atom. The maximum Gasteiger partial charge on any atom is 0.0734 e. The summed E-state index contributed by atoms with van der Waals surface area (Å²) in [6.45, 7) is 0. The first-order valence-electron chi connectivity index (χ1n) is 7.18. The molecule has 0 unspecified atom stereocenters. The van der Waals surface area contributed by atoms with Crippen LogP contribution in [-0.4, -0.2) is 4.98 Å². The number of aromatic amines is 1. The van der Waals surface area contributed by atoms with E-state index < -0.39 is 0 Å². The van der Waals surface area contributed by atoms with Crippen molar-refractivity contribution < 1.29 is 0 Å². The fourth-order valence-corrected chi connectivity index (χ4v) is 3.59. The van der Waals surface area contributed by atoms with E-state index in [2.05, 4.69) is 47.5 Å². The van der Waals surface area contributed by atoms with Crippen LogP contribution in [0.3, 0.4) is 0 Å². The van der Waals surface area contributed by atoms with Gasteiger partial charge in [0.05, 0.1) is 16.6 Å². The zero-order chi connectivity index (χ0) is 13.1. The van der Waals surface area contributed by atoms with Gasteiger partial charge in [-0.1, -0.05) is 30.4 Å². The molecule has 0 spiro atoms. The van der Waals surface area contributed by atoms with Gasteiger partial charge in [-0.3, -0.25) is 0 Å². The molecular weight excluding hydrogens is 244 g/mol. The van der Waals surface area contributed by atoms with E-state index in [1.54, 1.807) is 0 Å². The summed E-state index contributed by atoms with van der Waals surface area (Å²) in [6, 6.07) is 4.41. The Morgan fingerprint density at radius 2 is 1.95 bits per heavy atom. The van der Waals surface area contributed by atoms with E-state index in [1.807, 2.05) is 0 Å². The fraction of sp³-hybridized carbons (Fsp3) is 0.167. The minimum atomic E-state index is 0.989. The molecule has 0 saturated carbocycles. The summed E-state index contributed by atoms with van der Waals surface area (Å²) in [5, 5.41) is 3.82. The van der Waals surface area contributed by atoms with Gasteiger partial charge in [0.15, 0.2) is 0 Å². The second-order valence-corrected chi connectivity index (χ2v) is 5.62. The molecule has 2 nitrogen and oxygen atoms in total. The Balaban J connectivity index is 1.97. The summed E-state index contributed by atoms with van der Waals surface area (Å²) in [5.41, 5.74) is 6.64. The second kappa shape index (κ2) is 3.60. The van der Waals surface area contributed by atoms with Gasteiger partial charge in [0.25, 0.3) is 0 Å². The highest BCUT2D eigenvalue weighted by molar-refractivity contribution is 5.89. The third kappa shape index (κ3) is 1.21. The van der Waals surface area contributed by atoms with Crippen LogP contribution in [0.5, 0.6) is 0 Å². The monoisotopic (exact) mass is 258 g/mol. The molecule has 1 N–H and O–H groups in total. The average molecular weight is 258 g/mol. The molecule has 1 aliphatic heterocycles. The minimum Gasteiger partial charge on any atom is -0.357 e. The van der Waals surface area contributed by atoms with Gasteiger partial charge in [0.1, 0.15) is 0 Å². The highest BCUT2D eigenvalue weighted by Crippen LogP contribution is 2.27. The lowest BCUT2D eigenvalue weighted by atomic mass is 9.99. The van der Waals surface area contributed by atoms with Crippen LogP contribution in [0.2, 0.25) is 0 Å². The molecule has 0 fully saturated rings. The molecule has 2 aromatic rings. The van der Waals surface area contributed by atoms with Crippen molar-refractivity contribution in [2.45, 2.75) is 19.3 Å². The number of hydrogen-bond acceptors (Lipinski definition) is 1. The number of rotatable bonds is 0. The van der Waals surface area contributed by atoms with Crippen LogP contribution < -0.4 is 10.6 Å². The summed E-state index contributed by atoms with van der Waals surface area (Å²) in [5.74, 6) is 0. The molecule has 2 aliphatic carbocycles. The maximum atomic E-state index is 4.77. The summed E-state index contributed by atoms with van der Waals surface area (Å²) in [4.78, 5) is 8.43. The van der Waals surface area contributed by atoms with Crippen LogP contribution in [0.25, 0.3) is 16.5 Å². The number of benzene rings is 1. The first-order chi connectivity index (χ1) is 9.92. The molecule has 3 aliphatic rings. The van der Waals surface area contributed by atoms with Crippen LogP contribution in [0.1, 0.15) is 17.7 Å². The van der Waals surface area contributed by atoms with E-state index in [9.17, 15) is 0 Å². The summed E-state index contributed by atoms with van der Waals surface area (Å²) in [6.07, 6.45) is 14.0. The predicted molar refractivity (Wildman–Crippen MR) is 80.9 cm³/mol. The SMILES string of the molecule is C1=CCC2=c3c(ccc4c5c([nH]c34)CC=CC5)=NC2=C1. The predicted octanol–water partition coefficient (Wildman–Crippen LogP) is 2.45. The number of nitrogens with zero attached hydrogens (tertiary/aromatic N) is 1. The Labute approximate surface area is 116 Å². The molecule has 0 saturated heterocycles.